The van der Waals surface area contributed by atoms with Gasteiger partial charge >= 0.3 is 0 Å². The van der Waals surface area contributed by atoms with Gasteiger partial charge in [-0.25, -0.2) is 13.1 Å². The summed E-state index contributed by atoms with van der Waals surface area (Å²) in [6.07, 6.45) is 1.46. The van der Waals surface area contributed by atoms with Crippen LogP contribution in [-0.2, 0) is 16.6 Å². The Morgan fingerprint density at radius 3 is 2.70 bits per heavy atom. The predicted octanol–water partition coefficient (Wildman–Crippen LogP) is 3.44. The van der Waals surface area contributed by atoms with Crippen molar-refractivity contribution in [2.24, 2.45) is 0 Å². The van der Waals surface area contributed by atoms with Crippen LogP contribution in [0.3, 0.4) is 0 Å². The lowest BCUT2D eigenvalue weighted by Crippen LogP contribution is -2.23. The molecule has 0 saturated heterocycles. The van der Waals surface area contributed by atoms with E-state index in [2.05, 4.69) is 10.0 Å². The maximum Gasteiger partial charge on any atom is 0.255 e. The van der Waals surface area contributed by atoms with Crippen molar-refractivity contribution in [3.05, 3.63) is 71.1 Å². The molecule has 3 aromatic rings. The average Bonchev–Trinajstić information content (AvgIpc) is 3.26. The molecule has 0 unspecified atom stereocenters. The number of rotatable bonds is 6. The molecule has 1 aliphatic heterocycles. The van der Waals surface area contributed by atoms with Crippen molar-refractivity contribution in [3.8, 4) is 11.5 Å². The van der Waals surface area contributed by atoms with E-state index in [1.54, 1.807) is 18.2 Å². The third kappa shape index (κ3) is 4.43. The number of nitrogens with one attached hydrogen (secondary N) is 2. The highest BCUT2D eigenvalue weighted by atomic mass is 35.5. The summed E-state index contributed by atoms with van der Waals surface area (Å²) in [6, 6.07) is 12.2. The first-order chi connectivity index (χ1) is 14.4. The molecule has 30 heavy (non-hydrogen) atoms. The van der Waals surface area contributed by atoms with Crippen molar-refractivity contribution in [3.63, 3.8) is 0 Å². The standard InChI is InChI=1S/C20H17ClN2O6S/c21-17-9-13(10-18-19(17)29-8-7-28-18)20(24)23-14-3-1-5-16(11-14)30(25,26)22-12-15-4-2-6-27-15/h1-6,9-11,22H,7-8,12H2,(H,23,24). The minimum atomic E-state index is -3.80. The zero-order valence-corrected chi connectivity index (χ0v) is 17.1. The SMILES string of the molecule is O=C(Nc1cccc(S(=O)(=O)NCc2ccco2)c1)c1cc(Cl)c2c(c1)OCCO2. The number of benzene rings is 2. The molecule has 2 N–H and O–H groups in total. The number of anilines is 1. The Bertz CT molecular complexity index is 1180. The zero-order chi connectivity index (χ0) is 21.1. The van der Waals surface area contributed by atoms with Crippen molar-refractivity contribution in [2.75, 3.05) is 18.5 Å². The van der Waals surface area contributed by atoms with E-state index in [1.165, 1.54) is 36.6 Å². The second kappa shape index (κ2) is 8.39. The number of furan rings is 1. The Hall–Kier alpha value is -3.01. The van der Waals surface area contributed by atoms with Gasteiger partial charge in [0, 0.05) is 11.3 Å². The first kappa shape index (κ1) is 20.3. The average molecular weight is 449 g/mol. The van der Waals surface area contributed by atoms with E-state index >= 15 is 0 Å². The number of hydrogen-bond donors (Lipinski definition) is 2. The number of ether oxygens (including phenoxy) is 2. The second-order valence-electron chi connectivity index (χ2n) is 6.37. The second-order valence-corrected chi connectivity index (χ2v) is 8.54. The van der Waals surface area contributed by atoms with Gasteiger partial charge in [0.25, 0.3) is 5.91 Å². The van der Waals surface area contributed by atoms with Gasteiger partial charge in [-0.2, -0.15) is 0 Å². The molecule has 1 aromatic heterocycles. The van der Waals surface area contributed by atoms with E-state index in [-0.39, 0.29) is 22.0 Å². The number of carbonyl (C=O) groups excluding carboxylic acids is 1. The van der Waals surface area contributed by atoms with Crippen molar-refractivity contribution < 1.29 is 27.1 Å². The maximum absolute atomic E-state index is 12.7. The van der Waals surface area contributed by atoms with Crippen LogP contribution in [0.5, 0.6) is 11.5 Å². The van der Waals surface area contributed by atoms with Crippen LogP contribution >= 0.6 is 11.6 Å². The van der Waals surface area contributed by atoms with Gasteiger partial charge in [-0.15, -0.1) is 0 Å². The predicted molar refractivity (Wildman–Crippen MR) is 110 cm³/mol. The fraction of sp³-hybridized carbons (Fsp3) is 0.150. The lowest BCUT2D eigenvalue weighted by Gasteiger charge is -2.20. The van der Waals surface area contributed by atoms with Crippen LogP contribution < -0.4 is 19.5 Å². The Morgan fingerprint density at radius 1 is 1.07 bits per heavy atom. The van der Waals surface area contributed by atoms with E-state index in [0.29, 0.717) is 36.2 Å². The summed E-state index contributed by atoms with van der Waals surface area (Å²) in [5.74, 6) is 0.804. The van der Waals surface area contributed by atoms with Gasteiger partial charge < -0.3 is 19.2 Å². The van der Waals surface area contributed by atoms with Gasteiger partial charge in [-0.3, -0.25) is 4.79 Å². The van der Waals surface area contributed by atoms with E-state index < -0.39 is 15.9 Å². The first-order valence-electron chi connectivity index (χ1n) is 8.95. The van der Waals surface area contributed by atoms with E-state index in [0.717, 1.165) is 0 Å². The quantitative estimate of drug-likeness (QED) is 0.598. The molecule has 0 radical (unpaired) electrons. The number of hydrogen-bond acceptors (Lipinski definition) is 6. The highest BCUT2D eigenvalue weighted by Crippen LogP contribution is 2.38. The molecule has 2 aromatic carbocycles. The Morgan fingerprint density at radius 2 is 1.90 bits per heavy atom. The van der Waals surface area contributed by atoms with Gasteiger partial charge in [0.2, 0.25) is 10.0 Å². The monoisotopic (exact) mass is 448 g/mol. The zero-order valence-electron chi connectivity index (χ0n) is 15.6. The molecule has 156 valence electrons. The van der Waals surface area contributed by atoms with E-state index in [4.69, 9.17) is 25.5 Å². The minimum absolute atomic E-state index is 0.00654. The molecule has 0 bridgehead atoms. The summed E-state index contributed by atoms with van der Waals surface area (Å²) in [6.45, 7) is 0.758. The van der Waals surface area contributed by atoms with Crippen LogP contribution in [0, 0.1) is 0 Å². The smallest absolute Gasteiger partial charge is 0.255 e. The lowest BCUT2D eigenvalue weighted by atomic mass is 10.1. The first-order valence-corrected chi connectivity index (χ1v) is 10.8. The molecular formula is C20H17ClN2O6S. The van der Waals surface area contributed by atoms with Crippen LogP contribution in [0.25, 0.3) is 0 Å². The fourth-order valence-electron chi connectivity index (χ4n) is 2.85. The van der Waals surface area contributed by atoms with E-state index in [1.807, 2.05) is 0 Å². The maximum atomic E-state index is 12.7. The highest BCUT2D eigenvalue weighted by molar-refractivity contribution is 7.89. The molecule has 4 rings (SSSR count). The van der Waals surface area contributed by atoms with Crippen molar-refractivity contribution in [1.29, 1.82) is 0 Å². The number of carbonyl (C=O) groups is 1. The van der Waals surface area contributed by atoms with Gasteiger partial charge in [0.05, 0.1) is 22.7 Å². The van der Waals surface area contributed by atoms with Gasteiger partial charge in [0.15, 0.2) is 11.5 Å². The number of sulfonamides is 1. The van der Waals surface area contributed by atoms with Crippen LogP contribution in [0.2, 0.25) is 5.02 Å². The molecular weight excluding hydrogens is 432 g/mol. The van der Waals surface area contributed by atoms with Gasteiger partial charge in [-0.05, 0) is 42.5 Å². The molecule has 0 spiro atoms. The van der Waals surface area contributed by atoms with Crippen LogP contribution in [0.4, 0.5) is 5.69 Å². The van der Waals surface area contributed by atoms with Gasteiger partial charge in [-0.1, -0.05) is 17.7 Å². The number of fused-ring (bicyclic) bond motifs is 1. The molecule has 2 heterocycles. The molecule has 10 heteroatoms. The Balaban J connectivity index is 1.50. The molecule has 0 atom stereocenters. The molecule has 1 aliphatic rings. The number of amides is 1. The van der Waals surface area contributed by atoms with Gasteiger partial charge in [0.1, 0.15) is 19.0 Å². The fourth-order valence-corrected chi connectivity index (χ4v) is 4.15. The molecule has 0 fully saturated rings. The summed E-state index contributed by atoms with van der Waals surface area (Å²) >= 11 is 6.18. The molecule has 0 aliphatic carbocycles. The minimum Gasteiger partial charge on any atom is -0.486 e. The third-order valence-electron chi connectivity index (χ3n) is 4.28. The lowest BCUT2D eigenvalue weighted by molar-refractivity contribution is 0.102. The summed E-state index contributed by atoms with van der Waals surface area (Å²) in [4.78, 5) is 12.7. The molecule has 1 amide bonds. The van der Waals surface area contributed by atoms with Crippen LogP contribution in [0.15, 0.2) is 64.1 Å². The largest absolute Gasteiger partial charge is 0.486 e. The summed E-state index contributed by atoms with van der Waals surface area (Å²) < 4.78 is 43.6. The molecule has 8 nitrogen and oxygen atoms in total. The Labute approximate surface area is 177 Å². The highest BCUT2D eigenvalue weighted by Gasteiger charge is 2.20. The van der Waals surface area contributed by atoms with E-state index in [9.17, 15) is 13.2 Å². The van der Waals surface area contributed by atoms with Crippen molar-refractivity contribution >= 4 is 33.2 Å². The summed E-state index contributed by atoms with van der Waals surface area (Å²) in [5, 5.41) is 2.93. The van der Waals surface area contributed by atoms with Crippen LogP contribution in [-0.4, -0.2) is 27.5 Å². The summed E-state index contributed by atoms with van der Waals surface area (Å²) in [7, 11) is -3.80. The number of halogens is 1. The third-order valence-corrected chi connectivity index (χ3v) is 5.96. The summed E-state index contributed by atoms with van der Waals surface area (Å²) in [5.41, 5.74) is 0.570. The van der Waals surface area contributed by atoms with Crippen LogP contribution in [0.1, 0.15) is 16.1 Å². The molecule has 0 saturated carbocycles. The van der Waals surface area contributed by atoms with Crippen molar-refractivity contribution in [1.82, 2.24) is 4.72 Å². The Kier molecular flexibility index (Phi) is 5.67. The normalized spacial score (nSPS) is 13.1. The topological polar surface area (TPSA) is 107 Å². The van der Waals surface area contributed by atoms with Crippen molar-refractivity contribution in [2.45, 2.75) is 11.4 Å².